The van der Waals surface area contributed by atoms with E-state index in [9.17, 15) is 56.0 Å². The van der Waals surface area contributed by atoms with Crippen LogP contribution in [0.5, 0.6) is 23.5 Å². The first-order chi connectivity index (χ1) is 33.2. The number of carboxylic acid groups (broad SMARTS) is 2. The molecular weight excluding hydrogens is 965 g/mol. The molecule has 7 rings (SSSR count). The van der Waals surface area contributed by atoms with Crippen LogP contribution >= 0.6 is 0 Å². The third-order valence-corrected chi connectivity index (χ3v) is 10.7. The summed E-state index contributed by atoms with van der Waals surface area (Å²) in [6.07, 6.45) is 0. The van der Waals surface area contributed by atoms with Gasteiger partial charge in [-0.2, -0.15) is 67.2 Å². The number of methoxy groups -OCH3 is 2. The van der Waals surface area contributed by atoms with Gasteiger partial charge in [0.1, 0.15) is 11.5 Å². The molecule has 0 aliphatic rings. The molecule has 10 N–H and O–H groups in total. The average molecular weight is 997 g/mol. The number of aromatic nitrogens is 6. The summed E-state index contributed by atoms with van der Waals surface area (Å²) in [5.41, 5.74) is -0.605. The van der Waals surface area contributed by atoms with Crippen LogP contribution in [-0.2, 0) is 20.2 Å². The van der Waals surface area contributed by atoms with Crippen molar-refractivity contribution < 1.29 is 65.4 Å². The number of anilines is 8. The van der Waals surface area contributed by atoms with Crippen LogP contribution < -0.4 is 30.7 Å². The van der Waals surface area contributed by atoms with E-state index >= 15 is 0 Å². The number of nitrogens with one attached hydrogen (secondary N) is 4. The number of aromatic hydroxyl groups is 2. The van der Waals surface area contributed by atoms with Gasteiger partial charge in [-0.05, 0) is 72.8 Å². The normalized spacial score (nSPS) is 11.6. The van der Waals surface area contributed by atoms with E-state index < -0.39 is 67.2 Å². The Balaban J connectivity index is 1.10. The van der Waals surface area contributed by atoms with Gasteiger partial charge < -0.3 is 51.2 Å². The van der Waals surface area contributed by atoms with Crippen LogP contribution in [0.2, 0.25) is 0 Å². The summed E-state index contributed by atoms with van der Waals surface area (Å²) >= 11 is 0. The minimum Gasteiger partial charge on any atom is -0.494 e. The van der Waals surface area contributed by atoms with Gasteiger partial charge in [0.25, 0.3) is 20.2 Å². The topological polar surface area (TPSA) is 417 Å². The lowest BCUT2D eigenvalue weighted by molar-refractivity contribution is 0.0683. The van der Waals surface area contributed by atoms with Gasteiger partial charge in [0.2, 0.25) is 23.8 Å². The Bertz CT molecular complexity index is 3260. The summed E-state index contributed by atoms with van der Waals surface area (Å²) in [6.45, 7) is 0. The lowest BCUT2D eigenvalue weighted by atomic mass is 10.1. The fourth-order valence-electron chi connectivity index (χ4n) is 5.93. The zero-order chi connectivity index (χ0) is 50.3. The first-order valence-electron chi connectivity index (χ1n) is 19.2. The van der Waals surface area contributed by atoms with Crippen molar-refractivity contribution in [2.45, 2.75) is 9.79 Å². The first kappa shape index (κ1) is 48.4. The Morgan fingerprint density at radius 1 is 0.471 bits per heavy atom. The minimum atomic E-state index is -4.48. The maximum absolute atomic E-state index is 12.6. The summed E-state index contributed by atoms with van der Waals surface area (Å²) in [7, 11) is -6.29. The number of carboxylic acids is 2. The molecular formula is C40H32N14O14S2. The molecule has 0 saturated heterocycles. The van der Waals surface area contributed by atoms with Gasteiger partial charge in [0.05, 0.1) is 80.6 Å². The van der Waals surface area contributed by atoms with E-state index in [-0.39, 0.29) is 78.7 Å². The number of hydrogen-bond donors (Lipinski definition) is 10. The average Bonchev–Trinajstić information content (AvgIpc) is 3.30. The zero-order valence-corrected chi connectivity index (χ0v) is 37.1. The molecule has 0 radical (unpaired) electrons. The number of rotatable bonds is 18. The van der Waals surface area contributed by atoms with Gasteiger partial charge in [0, 0.05) is 12.1 Å². The van der Waals surface area contributed by atoms with Crippen molar-refractivity contribution in [3.63, 3.8) is 0 Å². The molecule has 0 aliphatic heterocycles. The third kappa shape index (κ3) is 12.1. The molecule has 5 aromatic carbocycles. The van der Waals surface area contributed by atoms with Crippen molar-refractivity contribution in [1.29, 1.82) is 0 Å². The van der Waals surface area contributed by atoms with Crippen LogP contribution in [0.25, 0.3) is 0 Å². The van der Waals surface area contributed by atoms with Crippen LogP contribution in [0.15, 0.2) is 127 Å². The van der Waals surface area contributed by atoms with Gasteiger partial charge >= 0.3 is 24.0 Å². The predicted octanol–water partition coefficient (Wildman–Crippen LogP) is 7.18. The van der Waals surface area contributed by atoms with Crippen molar-refractivity contribution in [3.05, 3.63) is 108 Å². The molecule has 0 aliphatic carbocycles. The van der Waals surface area contributed by atoms with E-state index in [0.717, 1.165) is 24.3 Å². The SMILES string of the molecule is COc1cc(/N=N/c2cccc(S(=O)(=O)O)c2)ccc1Nc1nc(O)nc(Nc2cc(C(=O)O)c(Nc3nc(O)nc(Nc4ccc(/N=N/c5cccc(S(=O)(=O)O)c5)cc4OC)n3)cc2C(=O)O)n1. The number of benzene rings is 5. The summed E-state index contributed by atoms with van der Waals surface area (Å²) < 4.78 is 75.5. The van der Waals surface area contributed by atoms with E-state index in [4.69, 9.17) is 9.47 Å². The lowest BCUT2D eigenvalue weighted by Gasteiger charge is -2.15. The number of aromatic carboxylic acids is 2. The second-order valence-corrected chi connectivity index (χ2v) is 16.6. The van der Waals surface area contributed by atoms with Crippen molar-refractivity contribution in [2.24, 2.45) is 20.5 Å². The Kier molecular flexibility index (Phi) is 13.9. The highest BCUT2D eigenvalue weighted by molar-refractivity contribution is 7.86. The van der Waals surface area contributed by atoms with Gasteiger partial charge in [-0.1, -0.05) is 12.1 Å². The third-order valence-electron chi connectivity index (χ3n) is 9.01. The molecule has 30 heteroatoms. The fourth-order valence-corrected chi connectivity index (χ4v) is 6.97. The fraction of sp³-hybridized carbons (Fsp3) is 0.0500. The van der Waals surface area contributed by atoms with Gasteiger partial charge in [-0.15, -0.1) is 0 Å². The summed E-state index contributed by atoms with van der Waals surface area (Å²) in [6, 6.07) is 19.2. The molecule has 0 atom stereocenters. The van der Waals surface area contributed by atoms with Gasteiger partial charge in [-0.3, -0.25) is 9.11 Å². The van der Waals surface area contributed by atoms with Crippen molar-refractivity contribution in [2.75, 3.05) is 35.5 Å². The Labute approximate surface area is 393 Å². The standard InChI is InChI=1S/C40H32N14O14S2/c1-67-31-15-21(53-51-19-5-3-7-23(13-19)69(61,62)63)9-11-27(31)41-35-45-37(49-39(59)47-35)43-29-17-26(34(57)58)30(18-25(29)33(55)56)44-38-46-36(48-40(60)50-38)42-28-12-10-22(16-32(28)68-2)54-52-20-6-4-8-24(14-20)70(64,65)66/h3-18H,1-2H3,(H,55,56)(H,57,58)(H,61,62,63)(H,64,65,66)(H3,41,43,45,47,49,59)(H3,42,44,46,48,50,60)/b53-51+,54-52+. The maximum atomic E-state index is 12.6. The molecule has 2 heterocycles. The molecule has 2 aromatic heterocycles. The van der Waals surface area contributed by atoms with Gasteiger partial charge in [-0.25, -0.2) is 9.59 Å². The van der Waals surface area contributed by atoms with E-state index in [2.05, 4.69) is 71.6 Å². The number of hydrogen-bond acceptors (Lipinski definition) is 24. The van der Waals surface area contributed by atoms with Gasteiger partial charge in [0.15, 0.2) is 0 Å². The highest BCUT2D eigenvalue weighted by Crippen LogP contribution is 2.36. The quantitative estimate of drug-likeness (QED) is 0.0300. The smallest absolute Gasteiger partial charge is 0.337 e. The van der Waals surface area contributed by atoms with Crippen LogP contribution in [-0.4, -0.2) is 102 Å². The molecule has 0 spiro atoms. The zero-order valence-electron chi connectivity index (χ0n) is 35.5. The molecule has 70 heavy (non-hydrogen) atoms. The van der Waals surface area contributed by atoms with E-state index in [1.165, 1.54) is 87.0 Å². The van der Waals surface area contributed by atoms with Crippen molar-refractivity contribution >= 4 is 101 Å². The number of carbonyl (C=O) groups is 2. The van der Waals surface area contributed by atoms with Crippen molar-refractivity contribution in [3.8, 4) is 23.5 Å². The lowest BCUT2D eigenvalue weighted by Crippen LogP contribution is -2.12. The molecule has 0 unspecified atom stereocenters. The molecule has 0 saturated carbocycles. The molecule has 0 fully saturated rings. The molecule has 28 nitrogen and oxygen atoms in total. The molecule has 0 amide bonds. The summed E-state index contributed by atoms with van der Waals surface area (Å²) in [5, 5.41) is 68.1. The number of ether oxygens (including phenoxy) is 2. The largest absolute Gasteiger partial charge is 0.494 e. The molecule has 0 bridgehead atoms. The maximum Gasteiger partial charge on any atom is 0.337 e. The summed E-state index contributed by atoms with van der Waals surface area (Å²) in [5.74, 6) is -4.27. The van der Waals surface area contributed by atoms with Crippen LogP contribution in [0.3, 0.4) is 0 Å². The van der Waals surface area contributed by atoms with E-state index in [0.29, 0.717) is 0 Å². The Hall–Kier alpha value is -9.52. The predicted molar refractivity (Wildman–Crippen MR) is 243 cm³/mol. The van der Waals surface area contributed by atoms with Crippen LogP contribution in [0.1, 0.15) is 20.7 Å². The highest BCUT2D eigenvalue weighted by atomic mass is 32.2. The second kappa shape index (κ2) is 20.1. The van der Waals surface area contributed by atoms with Crippen LogP contribution in [0.4, 0.5) is 69.3 Å². The van der Waals surface area contributed by atoms with E-state index in [1.54, 1.807) is 0 Å². The monoisotopic (exact) mass is 996 g/mol. The minimum absolute atomic E-state index is 0.120. The number of azo groups is 2. The first-order valence-corrected chi connectivity index (χ1v) is 22.1. The number of nitrogens with zero attached hydrogens (tertiary/aromatic N) is 10. The summed E-state index contributed by atoms with van der Waals surface area (Å²) in [4.78, 5) is 47.9. The van der Waals surface area contributed by atoms with E-state index in [1.807, 2.05) is 0 Å². The second-order valence-electron chi connectivity index (χ2n) is 13.7. The van der Waals surface area contributed by atoms with Crippen LogP contribution in [0, 0.1) is 0 Å². The highest BCUT2D eigenvalue weighted by Gasteiger charge is 2.22. The molecule has 358 valence electrons. The Morgan fingerprint density at radius 2 is 0.800 bits per heavy atom. The molecule has 7 aromatic rings. The van der Waals surface area contributed by atoms with Crippen molar-refractivity contribution in [1.82, 2.24) is 29.9 Å². The Morgan fingerprint density at radius 3 is 1.11 bits per heavy atom.